The first-order chi connectivity index (χ1) is 6.43. The molecule has 0 atom stereocenters. The molecule has 1 fully saturated rings. The van der Waals surface area contributed by atoms with Gasteiger partial charge in [0.1, 0.15) is 0 Å². The van der Waals surface area contributed by atoms with Gasteiger partial charge in [0.05, 0.1) is 0 Å². The van der Waals surface area contributed by atoms with E-state index in [-0.39, 0.29) is 0 Å². The molecule has 3 rings (SSSR count). The fraction of sp³-hybridized carbons (Fsp3) is 0.538. The van der Waals surface area contributed by atoms with Crippen molar-refractivity contribution in [2.45, 2.75) is 44.9 Å². The topological polar surface area (TPSA) is 0 Å². The van der Waals surface area contributed by atoms with Gasteiger partial charge in [-0.2, -0.15) is 0 Å². The Balaban J connectivity index is 1.93. The van der Waals surface area contributed by atoms with Crippen LogP contribution in [0.5, 0.6) is 0 Å². The molecule has 0 radical (unpaired) electrons. The fourth-order valence-electron chi connectivity index (χ4n) is 2.82. The van der Waals surface area contributed by atoms with Crippen molar-refractivity contribution in [3.63, 3.8) is 0 Å². The van der Waals surface area contributed by atoms with Crippen LogP contribution in [0.1, 0.15) is 44.9 Å². The second-order valence-corrected chi connectivity index (χ2v) is 4.47. The van der Waals surface area contributed by atoms with Gasteiger partial charge in [0.2, 0.25) is 0 Å². The van der Waals surface area contributed by atoms with Crippen LogP contribution in [-0.4, -0.2) is 0 Å². The summed E-state index contributed by atoms with van der Waals surface area (Å²) in [6.07, 6.45) is 14.4. The van der Waals surface area contributed by atoms with Crippen molar-refractivity contribution >= 4 is 0 Å². The SMILES string of the molecule is C1=C2CCC(=C1C1=CCCCC1)C2. The van der Waals surface area contributed by atoms with Crippen molar-refractivity contribution in [3.05, 3.63) is 34.4 Å². The minimum absolute atomic E-state index is 1.31. The van der Waals surface area contributed by atoms with E-state index in [9.17, 15) is 0 Å². The number of rotatable bonds is 1. The lowest BCUT2D eigenvalue weighted by molar-refractivity contribution is 0.706. The summed E-state index contributed by atoms with van der Waals surface area (Å²) in [6, 6.07) is 0. The molecule has 68 valence electrons. The quantitative estimate of drug-likeness (QED) is 0.562. The molecule has 0 heterocycles. The van der Waals surface area contributed by atoms with Crippen LogP contribution < -0.4 is 0 Å². The van der Waals surface area contributed by atoms with Gasteiger partial charge in [-0.05, 0) is 56.1 Å². The van der Waals surface area contributed by atoms with E-state index in [4.69, 9.17) is 0 Å². The molecule has 0 unspecified atom stereocenters. The highest BCUT2D eigenvalue weighted by Gasteiger charge is 2.24. The fourth-order valence-corrected chi connectivity index (χ4v) is 2.82. The van der Waals surface area contributed by atoms with Gasteiger partial charge in [0.25, 0.3) is 0 Å². The molecule has 0 amide bonds. The van der Waals surface area contributed by atoms with E-state index in [2.05, 4.69) is 12.2 Å². The Labute approximate surface area is 80.0 Å². The second kappa shape index (κ2) is 2.87. The lowest BCUT2D eigenvalue weighted by Crippen LogP contribution is -1.96. The summed E-state index contributed by atoms with van der Waals surface area (Å²) in [6.45, 7) is 0. The van der Waals surface area contributed by atoms with Crippen LogP contribution in [0.4, 0.5) is 0 Å². The maximum absolute atomic E-state index is 2.48. The minimum atomic E-state index is 1.31. The van der Waals surface area contributed by atoms with Crippen LogP contribution in [-0.2, 0) is 0 Å². The third-order valence-corrected chi connectivity index (χ3v) is 3.55. The maximum Gasteiger partial charge on any atom is -0.00958 e. The van der Waals surface area contributed by atoms with Crippen LogP contribution in [0, 0.1) is 0 Å². The molecule has 0 aliphatic heterocycles. The lowest BCUT2D eigenvalue weighted by atomic mass is 9.90. The van der Waals surface area contributed by atoms with E-state index in [1.807, 2.05) is 0 Å². The number of fused-ring (bicyclic) bond motifs is 2. The van der Waals surface area contributed by atoms with Crippen molar-refractivity contribution in [1.82, 2.24) is 0 Å². The van der Waals surface area contributed by atoms with Gasteiger partial charge in [-0.1, -0.05) is 23.3 Å². The monoisotopic (exact) mass is 172 g/mol. The zero-order valence-electron chi connectivity index (χ0n) is 8.10. The van der Waals surface area contributed by atoms with Crippen molar-refractivity contribution < 1.29 is 0 Å². The Kier molecular flexibility index (Phi) is 1.68. The first-order valence-corrected chi connectivity index (χ1v) is 5.54. The average molecular weight is 172 g/mol. The third-order valence-electron chi connectivity index (χ3n) is 3.55. The summed E-state index contributed by atoms with van der Waals surface area (Å²) >= 11 is 0. The molecule has 0 N–H and O–H groups in total. The van der Waals surface area contributed by atoms with Crippen LogP contribution >= 0.6 is 0 Å². The van der Waals surface area contributed by atoms with Crippen molar-refractivity contribution in [3.8, 4) is 0 Å². The molecule has 1 saturated carbocycles. The molecule has 0 aromatic rings. The van der Waals surface area contributed by atoms with E-state index < -0.39 is 0 Å². The Morgan fingerprint density at radius 3 is 2.62 bits per heavy atom. The molecular formula is C13H16. The highest BCUT2D eigenvalue weighted by atomic mass is 14.3. The molecule has 0 heteroatoms. The molecule has 0 spiro atoms. The normalized spacial score (nSPS) is 26.5. The van der Waals surface area contributed by atoms with Crippen LogP contribution in [0.3, 0.4) is 0 Å². The molecule has 13 heavy (non-hydrogen) atoms. The summed E-state index contributed by atoms with van der Waals surface area (Å²) in [5.74, 6) is 0. The van der Waals surface area contributed by atoms with Gasteiger partial charge >= 0.3 is 0 Å². The van der Waals surface area contributed by atoms with Gasteiger partial charge in [0.15, 0.2) is 0 Å². The molecule has 0 aromatic heterocycles. The average Bonchev–Trinajstić information content (AvgIpc) is 2.80. The Morgan fingerprint density at radius 2 is 2.00 bits per heavy atom. The van der Waals surface area contributed by atoms with Crippen molar-refractivity contribution in [1.29, 1.82) is 0 Å². The largest absolute Gasteiger partial charge is 0.0807 e. The number of hydrogen-bond donors (Lipinski definition) is 0. The van der Waals surface area contributed by atoms with E-state index in [0.717, 1.165) is 0 Å². The smallest absolute Gasteiger partial charge is 0.00958 e. The van der Waals surface area contributed by atoms with Gasteiger partial charge in [-0.25, -0.2) is 0 Å². The summed E-state index contributed by atoms with van der Waals surface area (Å²) in [4.78, 5) is 0. The Morgan fingerprint density at radius 1 is 1.00 bits per heavy atom. The molecule has 0 saturated heterocycles. The van der Waals surface area contributed by atoms with Crippen LogP contribution in [0.15, 0.2) is 34.4 Å². The third kappa shape index (κ3) is 1.20. The maximum atomic E-state index is 2.48. The standard InChI is InChI=1S/C13H16/c1-2-4-11(5-3-1)13-9-10-6-7-12(13)8-10/h4,9H,1-3,5-8H2. The van der Waals surface area contributed by atoms with E-state index in [1.54, 1.807) is 22.3 Å². The second-order valence-electron chi connectivity index (χ2n) is 4.47. The van der Waals surface area contributed by atoms with E-state index in [1.165, 1.54) is 44.9 Å². The highest BCUT2D eigenvalue weighted by molar-refractivity contribution is 5.54. The van der Waals surface area contributed by atoms with Gasteiger partial charge in [0, 0.05) is 0 Å². The first-order valence-electron chi connectivity index (χ1n) is 5.54. The zero-order chi connectivity index (χ0) is 8.67. The molecule has 0 aromatic carbocycles. The summed E-state index contributed by atoms with van der Waals surface area (Å²) in [5.41, 5.74) is 6.73. The summed E-state index contributed by atoms with van der Waals surface area (Å²) < 4.78 is 0. The summed E-state index contributed by atoms with van der Waals surface area (Å²) in [5, 5.41) is 0. The van der Waals surface area contributed by atoms with Crippen LogP contribution in [0.2, 0.25) is 0 Å². The lowest BCUT2D eigenvalue weighted by Gasteiger charge is -2.15. The van der Waals surface area contributed by atoms with Gasteiger partial charge in [-0.15, -0.1) is 0 Å². The Hall–Kier alpha value is -0.780. The van der Waals surface area contributed by atoms with Crippen LogP contribution in [0.25, 0.3) is 0 Å². The van der Waals surface area contributed by atoms with Crippen molar-refractivity contribution in [2.75, 3.05) is 0 Å². The van der Waals surface area contributed by atoms with Crippen molar-refractivity contribution in [2.24, 2.45) is 0 Å². The molecule has 0 nitrogen and oxygen atoms in total. The first kappa shape index (κ1) is 7.61. The minimum Gasteiger partial charge on any atom is -0.0807 e. The molecular weight excluding hydrogens is 156 g/mol. The predicted molar refractivity (Wildman–Crippen MR) is 55.5 cm³/mol. The van der Waals surface area contributed by atoms with E-state index >= 15 is 0 Å². The molecule has 2 bridgehead atoms. The predicted octanol–water partition coefficient (Wildman–Crippen LogP) is 3.91. The highest BCUT2D eigenvalue weighted by Crippen LogP contribution is 2.43. The summed E-state index contributed by atoms with van der Waals surface area (Å²) in [7, 11) is 0. The Bertz CT molecular complexity index is 326. The van der Waals surface area contributed by atoms with E-state index in [0.29, 0.717) is 0 Å². The molecule has 3 aliphatic rings. The van der Waals surface area contributed by atoms with Gasteiger partial charge < -0.3 is 0 Å². The molecule has 3 aliphatic carbocycles. The zero-order valence-corrected chi connectivity index (χ0v) is 8.10. The number of hydrogen-bond acceptors (Lipinski definition) is 0. The number of allylic oxidation sites excluding steroid dienone is 6. The van der Waals surface area contributed by atoms with Gasteiger partial charge in [-0.3, -0.25) is 0 Å².